The van der Waals surface area contributed by atoms with E-state index in [0.29, 0.717) is 18.8 Å². The number of nitrogens with two attached hydrogens (primary N) is 1. The summed E-state index contributed by atoms with van der Waals surface area (Å²) in [4.78, 5) is 35.5. The van der Waals surface area contributed by atoms with E-state index in [4.69, 9.17) is 10.8 Å². The molecular formula is C16H23N5O4. The van der Waals surface area contributed by atoms with Crippen molar-refractivity contribution in [2.45, 2.75) is 31.8 Å². The molecule has 0 bridgehead atoms. The van der Waals surface area contributed by atoms with Crippen LogP contribution in [0.15, 0.2) is 0 Å². The van der Waals surface area contributed by atoms with E-state index in [2.05, 4.69) is 9.97 Å². The summed E-state index contributed by atoms with van der Waals surface area (Å²) >= 11 is 0. The highest BCUT2D eigenvalue weighted by Crippen LogP contribution is 2.24. The molecule has 0 saturated carbocycles. The Labute approximate surface area is 145 Å². The number of carboxylic acid groups (broad SMARTS) is 1. The Morgan fingerprint density at radius 1 is 1.16 bits per heavy atom. The quantitative estimate of drug-likeness (QED) is 0.642. The Hall–Kier alpha value is -2.26. The monoisotopic (exact) mass is 349 g/mol. The van der Waals surface area contributed by atoms with Crippen LogP contribution in [0.2, 0.25) is 0 Å². The van der Waals surface area contributed by atoms with Crippen LogP contribution in [0.5, 0.6) is 0 Å². The fourth-order valence-corrected chi connectivity index (χ4v) is 3.51. The van der Waals surface area contributed by atoms with Crippen LogP contribution in [0.25, 0.3) is 0 Å². The first kappa shape index (κ1) is 17.6. The number of aliphatic hydroxyl groups is 1. The molecule has 1 saturated heterocycles. The number of aryl methyl sites for hydroxylation is 1. The van der Waals surface area contributed by atoms with Crippen LogP contribution >= 0.6 is 0 Å². The van der Waals surface area contributed by atoms with Crippen molar-refractivity contribution in [3.8, 4) is 0 Å². The molecule has 0 radical (unpaired) electrons. The normalized spacial score (nSPS) is 21.5. The number of carbonyl (C=O) groups is 2. The second-order valence-corrected chi connectivity index (χ2v) is 6.60. The van der Waals surface area contributed by atoms with Crippen molar-refractivity contribution >= 4 is 17.8 Å². The van der Waals surface area contributed by atoms with Gasteiger partial charge in [0.1, 0.15) is 5.69 Å². The highest BCUT2D eigenvalue weighted by Gasteiger charge is 2.29. The van der Waals surface area contributed by atoms with Crippen LogP contribution in [0.4, 0.5) is 5.95 Å². The summed E-state index contributed by atoms with van der Waals surface area (Å²) in [7, 11) is 0. The number of carboxylic acids is 1. The van der Waals surface area contributed by atoms with Crippen LogP contribution in [0, 0.1) is 0 Å². The molecule has 9 heteroatoms. The largest absolute Gasteiger partial charge is 0.480 e. The molecule has 1 unspecified atom stereocenters. The number of hydrogen-bond acceptors (Lipinski definition) is 7. The van der Waals surface area contributed by atoms with Crippen LogP contribution in [-0.2, 0) is 17.6 Å². The number of hydrogen-bond donors (Lipinski definition) is 3. The van der Waals surface area contributed by atoms with Crippen molar-refractivity contribution in [2.75, 3.05) is 38.5 Å². The third kappa shape index (κ3) is 4.05. The number of nitrogen functional groups attached to an aromatic ring is 1. The van der Waals surface area contributed by atoms with Crippen molar-refractivity contribution in [1.29, 1.82) is 0 Å². The maximum Gasteiger partial charge on any atom is 0.317 e. The summed E-state index contributed by atoms with van der Waals surface area (Å²) in [6.45, 7) is 0.933. The van der Waals surface area contributed by atoms with Crippen LogP contribution in [0.3, 0.4) is 0 Å². The second kappa shape index (κ2) is 7.32. The van der Waals surface area contributed by atoms with Crippen molar-refractivity contribution in [1.82, 2.24) is 19.8 Å². The highest BCUT2D eigenvalue weighted by molar-refractivity contribution is 5.94. The first-order valence-electron chi connectivity index (χ1n) is 8.51. The van der Waals surface area contributed by atoms with E-state index in [1.165, 1.54) is 4.90 Å². The van der Waals surface area contributed by atoms with Crippen LogP contribution in [0.1, 0.15) is 34.6 Å². The van der Waals surface area contributed by atoms with Gasteiger partial charge in [0.25, 0.3) is 5.91 Å². The molecule has 1 aromatic heterocycles. The predicted molar refractivity (Wildman–Crippen MR) is 89.1 cm³/mol. The number of aliphatic carboxylic acids is 1. The van der Waals surface area contributed by atoms with Gasteiger partial charge < -0.3 is 20.8 Å². The summed E-state index contributed by atoms with van der Waals surface area (Å²) < 4.78 is 0. The Bertz CT molecular complexity index is 681. The summed E-state index contributed by atoms with van der Waals surface area (Å²) in [6.07, 6.45) is 2.73. The van der Waals surface area contributed by atoms with Gasteiger partial charge in [-0.2, -0.15) is 0 Å². The number of fused-ring (bicyclic) bond motifs is 1. The average molecular weight is 349 g/mol. The molecule has 1 aliphatic carbocycles. The minimum Gasteiger partial charge on any atom is -0.480 e. The Morgan fingerprint density at radius 2 is 1.92 bits per heavy atom. The fraction of sp³-hybridized carbons (Fsp3) is 0.625. The van der Waals surface area contributed by atoms with Crippen molar-refractivity contribution in [2.24, 2.45) is 0 Å². The van der Waals surface area contributed by atoms with Gasteiger partial charge in [0.2, 0.25) is 5.95 Å². The number of aliphatic hydroxyl groups excluding tert-OH is 1. The van der Waals surface area contributed by atoms with Gasteiger partial charge in [-0.1, -0.05) is 0 Å². The maximum atomic E-state index is 13.0. The molecule has 136 valence electrons. The lowest BCUT2D eigenvalue weighted by Crippen LogP contribution is -2.39. The van der Waals surface area contributed by atoms with Crippen molar-refractivity contribution in [3.05, 3.63) is 17.0 Å². The van der Waals surface area contributed by atoms with E-state index >= 15 is 0 Å². The first-order valence-corrected chi connectivity index (χ1v) is 8.51. The molecule has 1 aliphatic heterocycles. The topological polar surface area (TPSA) is 133 Å². The van der Waals surface area contributed by atoms with Crippen LogP contribution < -0.4 is 5.73 Å². The number of amides is 1. The van der Waals surface area contributed by atoms with E-state index in [9.17, 15) is 14.7 Å². The zero-order valence-corrected chi connectivity index (χ0v) is 14.0. The Balaban J connectivity index is 1.81. The third-order valence-corrected chi connectivity index (χ3v) is 4.64. The molecule has 1 amide bonds. The van der Waals surface area contributed by atoms with E-state index in [-0.39, 0.29) is 31.5 Å². The molecule has 1 fully saturated rings. The van der Waals surface area contributed by atoms with E-state index in [1.54, 1.807) is 4.90 Å². The molecule has 1 atom stereocenters. The minimum atomic E-state index is -0.954. The van der Waals surface area contributed by atoms with Gasteiger partial charge in [0, 0.05) is 37.4 Å². The SMILES string of the molecule is Nc1nc2c(c(C(=O)N3CCN(CC(=O)O)CC(O)C3)n1)CCCC2. The van der Waals surface area contributed by atoms with E-state index in [0.717, 1.165) is 36.9 Å². The van der Waals surface area contributed by atoms with Gasteiger partial charge in [0.05, 0.1) is 12.6 Å². The van der Waals surface area contributed by atoms with Gasteiger partial charge in [-0.15, -0.1) is 0 Å². The molecule has 9 nitrogen and oxygen atoms in total. The molecule has 3 rings (SSSR count). The number of rotatable bonds is 3. The third-order valence-electron chi connectivity index (χ3n) is 4.64. The Kier molecular flexibility index (Phi) is 5.14. The highest BCUT2D eigenvalue weighted by atomic mass is 16.4. The van der Waals surface area contributed by atoms with E-state index < -0.39 is 12.1 Å². The smallest absolute Gasteiger partial charge is 0.317 e. The molecule has 4 N–H and O–H groups in total. The standard InChI is InChI=1S/C16H23N5O4/c17-16-18-12-4-2-1-3-11(12)14(19-16)15(25)21-6-5-20(9-13(23)24)7-10(22)8-21/h10,22H,1-9H2,(H,23,24)(H2,17,18,19). The maximum absolute atomic E-state index is 13.0. The zero-order chi connectivity index (χ0) is 18.0. The summed E-state index contributed by atoms with van der Waals surface area (Å²) in [6, 6.07) is 0. The summed E-state index contributed by atoms with van der Waals surface area (Å²) in [5.41, 5.74) is 7.78. The number of nitrogens with zero attached hydrogens (tertiary/aromatic N) is 4. The lowest BCUT2D eigenvalue weighted by molar-refractivity contribution is -0.138. The lowest BCUT2D eigenvalue weighted by atomic mass is 9.94. The Morgan fingerprint density at radius 3 is 2.68 bits per heavy atom. The number of β-amino-alcohol motifs (C(OH)–C–C–N with tert-alkyl or cyclic N) is 1. The van der Waals surface area contributed by atoms with Gasteiger partial charge in [-0.25, -0.2) is 9.97 Å². The molecule has 25 heavy (non-hydrogen) atoms. The van der Waals surface area contributed by atoms with Crippen molar-refractivity contribution < 1.29 is 19.8 Å². The van der Waals surface area contributed by atoms with Gasteiger partial charge in [0.15, 0.2) is 0 Å². The predicted octanol–water partition coefficient (Wildman–Crippen LogP) is -0.859. The molecule has 0 aromatic carbocycles. The molecule has 2 heterocycles. The number of anilines is 1. The molecule has 2 aliphatic rings. The van der Waals surface area contributed by atoms with Gasteiger partial charge in [-0.3, -0.25) is 14.5 Å². The average Bonchev–Trinajstić information content (AvgIpc) is 2.74. The number of carbonyl (C=O) groups excluding carboxylic acids is 1. The summed E-state index contributed by atoms with van der Waals surface area (Å²) in [5, 5.41) is 19.1. The van der Waals surface area contributed by atoms with Gasteiger partial charge >= 0.3 is 5.97 Å². The summed E-state index contributed by atoms with van der Waals surface area (Å²) in [5.74, 6) is -1.14. The van der Waals surface area contributed by atoms with E-state index in [1.807, 2.05) is 0 Å². The zero-order valence-electron chi connectivity index (χ0n) is 14.0. The molecule has 1 aromatic rings. The minimum absolute atomic E-state index is 0.0897. The fourth-order valence-electron chi connectivity index (χ4n) is 3.51. The number of aromatic nitrogens is 2. The lowest BCUT2D eigenvalue weighted by Gasteiger charge is -2.24. The van der Waals surface area contributed by atoms with Gasteiger partial charge in [-0.05, 0) is 25.7 Å². The first-order chi connectivity index (χ1) is 11.9. The molecular weight excluding hydrogens is 326 g/mol. The molecule has 0 spiro atoms. The van der Waals surface area contributed by atoms with Crippen molar-refractivity contribution in [3.63, 3.8) is 0 Å². The second-order valence-electron chi connectivity index (χ2n) is 6.60. The van der Waals surface area contributed by atoms with Crippen LogP contribution in [-0.4, -0.2) is 80.7 Å².